The molecular weight excluding hydrogens is 146 g/mol. The van der Waals surface area contributed by atoms with E-state index in [0.29, 0.717) is 0 Å². The maximum Gasteiger partial charge on any atom is -0.0106 e. The third kappa shape index (κ3) is 12.6. The van der Waals surface area contributed by atoms with E-state index in [0.717, 1.165) is 18.4 Å². The molecule has 0 amide bonds. The summed E-state index contributed by atoms with van der Waals surface area (Å²) < 4.78 is 0. The summed E-state index contributed by atoms with van der Waals surface area (Å²) >= 11 is 0. The van der Waals surface area contributed by atoms with Crippen molar-refractivity contribution in [1.82, 2.24) is 0 Å². The standard InChI is InChI=1S/C6H12.C3H8.C2H7N/c1-5-3-6(2)4-5;1-3-2;1-2-3/h5-6H,3-4H2,1-2H3;3H2,1-2H3;2-3H2,1H3. The van der Waals surface area contributed by atoms with Gasteiger partial charge in [-0.15, -0.1) is 0 Å². The van der Waals surface area contributed by atoms with Gasteiger partial charge < -0.3 is 5.73 Å². The molecule has 0 bridgehead atoms. The van der Waals surface area contributed by atoms with Crippen molar-refractivity contribution in [3.63, 3.8) is 0 Å². The second-order valence-electron chi connectivity index (χ2n) is 3.80. The first-order valence-corrected chi connectivity index (χ1v) is 5.32. The third-order valence-corrected chi connectivity index (χ3v) is 1.61. The highest BCUT2D eigenvalue weighted by Crippen LogP contribution is 2.31. The van der Waals surface area contributed by atoms with Gasteiger partial charge in [0.05, 0.1) is 0 Å². The van der Waals surface area contributed by atoms with Crippen LogP contribution in [-0.2, 0) is 0 Å². The summed E-state index contributed by atoms with van der Waals surface area (Å²) in [6.07, 6.45) is 4.19. The van der Waals surface area contributed by atoms with Gasteiger partial charge in [-0.2, -0.15) is 0 Å². The molecule has 1 aliphatic carbocycles. The topological polar surface area (TPSA) is 26.0 Å². The van der Waals surface area contributed by atoms with Gasteiger partial charge in [0.15, 0.2) is 0 Å². The van der Waals surface area contributed by atoms with Crippen LogP contribution in [0.5, 0.6) is 0 Å². The SMILES string of the molecule is CC1CC(C)C1.CCC.CCN. The molecule has 2 N–H and O–H groups in total. The first kappa shape index (κ1) is 14.5. The Labute approximate surface area is 78.7 Å². The minimum atomic E-state index is 0.750. The van der Waals surface area contributed by atoms with Crippen molar-refractivity contribution < 1.29 is 0 Å². The Hall–Kier alpha value is -0.0400. The van der Waals surface area contributed by atoms with E-state index in [4.69, 9.17) is 5.73 Å². The summed E-state index contributed by atoms with van der Waals surface area (Å²) in [5, 5.41) is 0. The van der Waals surface area contributed by atoms with Crippen LogP contribution in [0, 0.1) is 11.8 Å². The first-order chi connectivity index (χ1) is 5.62. The molecule has 0 aliphatic heterocycles. The van der Waals surface area contributed by atoms with Crippen LogP contribution in [0.1, 0.15) is 53.9 Å². The summed E-state index contributed by atoms with van der Waals surface area (Å²) in [6, 6.07) is 0. The second kappa shape index (κ2) is 11.0. The zero-order valence-electron chi connectivity index (χ0n) is 9.56. The fourth-order valence-corrected chi connectivity index (χ4v) is 1.30. The normalized spacial score (nSPS) is 25.5. The molecule has 1 rings (SSSR count). The van der Waals surface area contributed by atoms with Gasteiger partial charge >= 0.3 is 0 Å². The Balaban J connectivity index is 0. The Bertz CT molecular complexity index is 57.4. The molecule has 0 radical (unpaired) electrons. The van der Waals surface area contributed by atoms with Gasteiger partial charge in [0, 0.05) is 0 Å². The van der Waals surface area contributed by atoms with E-state index in [1.165, 1.54) is 19.3 Å². The molecule has 1 fully saturated rings. The van der Waals surface area contributed by atoms with Crippen molar-refractivity contribution in [2.24, 2.45) is 17.6 Å². The molecule has 0 heterocycles. The molecule has 0 aromatic heterocycles. The minimum absolute atomic E-state index is 0.750. The highest BCUT2D eigenvalue weighted by atomic mass is 14.5. The van der Waals surface area contributed by atoms with Gasteiger partial charge in [0.1, 0.15) is 0 Å². The van der Waals surface area contributed by atoms with Gasteiger partial charge in [-0.25, -0.2) is 0 Å². The van der Waals surface area contributed by atoms with Crippen molar-refractivity contribution in [3.8, 4) is 0 Å². The summed E-state index contributed by atoms with van der Waals surface area (Å²) in [6.45, 7) is 11.5. The van der Waals surface area contributed by atoms with Gasteiger partial charge in [-0.05, 0) is 31.2 Å². The Kier molecular flexibility index (Phi) is 13.2. The summed E-state index contributed by atoms with van der Waals surface area (Å²) in [7, 11) is 0. The maximum atomic E-state index is 4.85. The van der Waals surface area contributed by atoms with E-state index in [9.17, 15) is 0 Å². The predicted octanol–water partition coefficient (Wildman–Crippen LogP) is 3.43. The molecule has 0 saturated heterocycles. The van der Waals surface area contributed by atoms with E-state index < -0.39 is 0 Å². The summed E-state index contributed by atoms with van der Waals surface area (Å²) in [5.74, 6) is 2.08. The number of rotatable bonds is 0. The molecule has 0 aromatic rings. The smallest absolute Gasteiger partial charge is 0.0106 e. The Morgan fingerprint density at radius 1 is 1.00 bits per heavy atom. The maximum absolute atomic E-state index is 4.85. The molecule has 1 aliphatic rings. The van der Waals surface area contributed by atoms with E-state index in [1.54, 1.807) is 0 Å². The molecule has 12 heavy (non-hydrogen) atoms. The van der Waals surface area contributed by atoms with Crippen molar-refractivity contribution >= 4 is 0 Å². The average molecular weight is 173 g/mol. The van der Waals surface area contributed by atoms with Gasteiger partial charge in [0.25, 0.3) is 0 Å². The van der Waals surface area contributed by atoms with Gasteiger partial charge in [0.2, 0.25) is 0 Å². The van der Waals surface area contributed by atoms with Crippen molar-refractivity contribution in [3.05, 3.63) is 0 Å². The molecule has 0 atom stereocenters. The lowest BCUT2D eigenvalue weighted by Crippen LogP contribution is -2.16. The average Bonchev–Trinajstić information content (AvgIpc) is 1.88. The van der Waals surface area contributed by atoms with E-state index in [2.05, 4.69) is 27.7 Å². The Morgan fingerprint density at radius 2 is 1.17 bits per heavy atom. The number of hydrogen-bond donors (Lipinski definition) is 1. The quantitative estimate of drug-likeness (QED) is 0.596. The minimum Gasteiger partial charge on any atom is -0.331 e. The molecule has 1 heteroatoms. The van der Waals surface area contributed by atoms with Crippen molar-refractivity contribution in [2.75, 3.05) is 6.54 Å². The molecule has 0 aromatic carbocycles. The fourth-order valence-electron chi connectivity index (χ4n) is 1.30. The molecule has 0 spiro atoms. The van der Waals surface area contributed by atoms with Crippen LogP contribution in [0.2, 0.25) is 0 Å². The van der Waals surface area contributed by atoms with Crippen LogP contribution in [0.15, 0.2) is 0 Å². The lowest BCUT2D eigenvalue weighted by atomic mass is 9.78. The fraction of sp³-hybridized carbons (Fsp3) is 1.00. The first-order valence-electron chi connectivity index (χ1n) is 5.32. The monoisotopic (exact) mass is 173 g/mol. The van der Waals surface area contributed by atoms with Crippen LogP contribution < -0.4 is 5.73 Å². The third-order valence-electron chi connectivity index (χ3n) is 1.61. The highest BCUT2D eigenvalue weighted by molar-refractivity contribution is 4.71. The molecule has 76 valence electrons. The lowest BCUT2D eigenvalue weighted by Gasteiger charge is -2.28. The zero-order valence-corrected chi connectivity index (χ0v) is 9.56. The van der Waals surface area contributed by atoms with Crippen LogP contribution in [0.4, 0.5) is 0 Å². The highest BCUT2D eigenvalue weighted by Gasteiger charge is 2.19. The van der Waals surface area contributed by atoms with Gasteiger partial charge in [-0.3, -0.25) is 0 Å². The van der Waals surface area contributed by atoms with E-state index in [-0.39, 0.29) is 0 Å². The van der Waals surface area contributed by atoms with Crippen LogP contribution in [0.25, 0.3) is 0 Å². The van der Waals surface area contributed by atoms with E-state index >= 15 is 0 Å². The molecular formula is C11H27N. The van der Waals surface area contributed by atoms with E-state index in [1.807, 2.05) is 6.92 Å². The van der Waals surface area contributed by atoms with Crippen molar-refractivity contribution in [1.29, 1.82) is 0 Å². The lowest BCUT2D eigenvalue weighted by molar-refractivity contribution is 0.233. The number of hydrogen-bond acceptors (Lipinski definition) is 1. The molecule has 1 saturated carbocycles. The molecule has 1 nitrogen and oxygen atoms in total. The zero-order chi connectivity index (χ0) is 9.98. The predicted molar refractivity (Wildman–Crippen MR) is 58.3 cm³/mol. The molecule has 0 unspecified atom stereocenters. The summed E-state index contributed by atoms with van der Waals surface area (Å²) in [5.41, 5.74) is 4.85. The van der Waals surface area contributed by atoms with Crippen LogP contribution in [-0.4, -0.2) is 6.54 Å². The second-order valence-corrected chi connectivity index (χ2v) is 3.80. The van der Waals surface area contributed by atoms with Crippen molar-refractivity contribution in [2.45, 2.75) is 53.9 Å². The number of nitrogens with two attached hydrogens (primary N) is 1. The summed E-state index contributed by atoms with van der Waals surface area (Å²) in [4.78, 5) is 0. The van der Waals surface area contributed by atoms with Gasteiger partial charge in [-0.1, -0.05) is 41.0 Å². The van der Waals surface area contributed by atoms with Crippen LogP contribution in [0.3, 0.4) is 0 Å². The Morgan fingerprint density at radius 3 is 1.17 bits per heavy atom. The largest absolute Gasteiger partial charge is 0.331 e. The van der Waals surface area contributed by atoms with Crippen LogP contribution >= 0.6 is 0 Å².